The third kappa shape index (κ3) is 4.32. The number of carbonyl (C=O) groups is 1. The van der Waals surface area contributed by atoms with Gasteiger partial charge in [-0.15, -0.1) is 0 Å². The number of rotatable bonds is 4. The SMILES string of the molecule is Cc1ccc(Oc2ccc(NC(=O)c3ccc(I)cc3)cn2)cc1. The van der Waals surface area contributed by atoms with Crippen molar-refractivity contribution >= 4 is 34.2 Å². The van der Waals surface area contributed by atoms with Crippen LogP contribution in [0.3, 0.4) is 0 Å². The van der Waals surface area contributed by atoms with Crippen LogP contribution in [0.5, 0.6) is 11.6 Å². The molecule has 0 saturated heterocycles. The molecule has 2 aromatic carbocycles. The number of carbonyl (C=O) groups excluding carboxylic acids is 1. The van der Waals surface area contributed by atoms with Gasteiger partial charge in [0.25, 0.3) is 5.91 Å². The number of halogens is 1. The van der Waals surface area contributed by atoms with Gasteiger partial charge in [0.05, 0.1) is 11.9 Å². The minimum Gasteiger partial charge on any atom is -0.439 e. The normalized spacial score (nSPS) is 10.2. The maximum Gasteiger partial charge on any atom is 0.255 e. The lowest BCUT2D eigenvalue weighted by atomic mass is 10.2. The molecule has 5 heteroatoms. The van der Waals surface area contributed by atoms with Gasteiger partial charge >= 0.3 is 0 Å². The number of amides is 1. The zero-order chi connectivity index (χ0) is 16.9. The summed E-state index contributed by atoms with van der Waals surface area (Å²) in [5.41, 5.74) is 2.40. The van der Waals surface area contributed by atoms with E-state index in [1.165, 1.54) is 5.56 Å². The van der Waals surface area contributed by atoms with E-state index in [0.29, 0.717) is 17.1 Å². The molecule has 120 valence electrons. The molecule has 0 aliphatic heterocycles. The largest absolute Gasteiger partial charge is 0.439 e. The van der Waals surface area contributed by atoms with Crippen LogP contribution >= 0.6 is 22.6 Å². The number of hydrogen-bond acceptors (Lipinski definition) is 3. The van der Waals surface area contributed by atoms with Crippen molar-refractivity contribution in [2.24, 2.45) is 0 Å². The summed E-state index contributed by atoms with van der Waals surface area (Å²) < 4.78 is 6.75. The molecule has 1 heterocycles. The molecule has 0 saturated carbocycles. The number of hydrogen-bond donors (Lipinski definition) is 1. The van der Waals surface area contributed by atoms with Gasteiger partial charge in [0.15, 0.2) is 0 Å². The predicted octanol–water partition coefficient (Wildman–Crippen LogP) is 5.04. The van der Waals surface area contributed by atoms with Crippen molar-refractivity contribution in [1.29, 1.82) is 0 Å². The van der Waals surface area contributed by atoms with E-state index in [4.69, 9.17) is 4.74 Å². The second-order valence-corrected chi connectivity index (χ2v) is 6.51. The van der Waals surface area contributed by atoms with Gasteiger partial charge < -0.3 is 10.1 Å². The first-order chi connectivity index (χ1) is 11.6. The third-order valence-corrected chi connectivity index (χ3v) is 4.06. The molecular weight excluding hydrogens is 415 g/mol. The summed E-state index contributed by atoms with van der Waals surface area (Å²) in [5, 5.41) is 2.82. The number of benzene rings is 2. The van der Waals surface area contributed by atoms with Crippen molar-refractivity contribution in [1.82, 2.24) is 4.98 Å². The molecule has 0 bridgehead atoms. The fourth-order valence-corrected chi connectivity index (χ4v) is 2.41. The van der Waals surface area contributed by atoms with Gasteiger partial charge in [0.2, 0.25) is 5.88 Å². The van der Waals surface area contributed by atoms with E-state index in [0.717, 1.165) is 9.32 Å². The number of nitrogens with zero attached hydrogens (tertiary/aromatic N) is 1. The molecule has 0 fully saturated rings. The first-order valence-corrected chi connectivity index (χ1v) is 8.45. The minimum absolute atomic E-state index is 0.166. The first-order valence-electron chi connectivity index (χ1n) is 7.38. The molecule has 1 amide bonds. The van der Waals surface area contributed by atoms with Gasteiger partial charge in [-0.2, -0.15) is 0 Å². The Hall–Kier alpha value is -2.41. The summed E-state index contributed by atoms with van der Waals surface area (Å²) in [7, 11) is 0. The molecular formula is C19H15IN2O2. The maximum absolute atomic E-state index is 12.2. The number of nitrogens with one attached hydrogen (secondary N) is 1. The van der Waals surface area contributed by atoms with E-state index < -0.39 is 0 Å². The van der Waals surface area contributed by atoms with E-state index >= 15 is 0 Å². The fourth-order valence-electron chi connectivity index (χ4n) is 2.05. The fraction of sp³-hybridized carbons (Fsp3) is 0.0526. The van der Waals surface area contributed by atoms with Crippen molar-refractivity contribution in [2.45, 2.75) is 6.92 Å². The first kappa shape index (κ1) is 16.4. The Morgan fingerprint density at radius 3 is 2.33 bits per heavy atom. The lowest BCUT2D eigenvalue weighted by Gasteiger charge is -2.07. The quantitative estimate of drug-likeness (QED) is 0.591. The van der Waals surface area contributed by atoms with E-state index in [1.807, 2.05) is 43.3 Å². The second kappa shape index (κ2) is 7.44. The third-order valence-electron chi connectivity index (χ3n) is 3.34. The van der Waals surface area contributed by atoms with Crippen molar-refractivity contribution in [3.05, 3.63) is 81.6 Å². The smallest absolute Gasteiger partial charge is 0.255 e. The van der Waals surface area contributed by atoms with Crippen molar-refractivity contribution in [3.8, 4) is 11.6 Å². The molecule has 3 rings (SSSR count). The molecule has 4 nitrogen and oxygen atoms in total. The highest BCUT2D eigenvalue weighted by Crippen LogP contribution is 2.21. The van der Waals surface area contributed by atoms with Gasteiger partial charge in [0, 0.05) is 15.2 Å². The average Bonchev–Trinajstić information content (AvgIpc) is 2.59. The summed E-state index contributed by atoms with van der Waals surface area (Å²) in [6.07, 6.45) is 1.58. The van der Waals surface area contributed by atoms with Crippen LogP contribution in [-0.4, -0.2) is 10.9 Å². The lowest BCUT2D eigenvalue weighted by Crippen LogP contribution is -2.11. The van der Waals surface area contributed by atoms with Crippen LogP contribution in [0, 0.1) is 10.5 Å². The van der Waals surface area contributed by atoms with Crippen LogP contribution < -0.4 is 10.1 Å². The number of aryl methyl sites for hydroxylation is 1. The monoisotopic (exact) mass is 430 g/mol. The van der Waals surface area contributed by atoms with Crippen LogP contribution in [0.2, 0.25) is 0 Å². The van der Waals surface area contributed by atoms with E-state index in [1.54, 1.807) is 30.5 Å². The molecule has 0 radical (unpaired) electrons. The molecule has 0 unspecified atom stereocenters. The van der Waals surface area contributed by atoms with Gasteiger partial charge in [0.1, 0.15) is 5.75 Å². The van der Waals surface area contributed by atoms with Crippen LogP contribution in [-0.2, 0) is 0 Å². The standard InChI is InChI=1S/C19H15IN2O2/c1-13-2-9-17(10-3-13)24-18-11-8-16(12-21-18)22-19(23)14-4-6-15(20)7-5-14/h2-12H,1H3,(H,22,23). The maximum atomic E-state index is 12.2. The Balaban J connectivity index is 1.64. The number of anilines is 1. The molecule has 0 aliphatic rings. The molecule has 3 aromatic rings. The summed E-state index contributed by atoms with van der Waals surface area (Å²) in [6, 6.07) is 18.6. The van der Waals surface area contributed by atoms with Crippen LogP contribution in [0.15, 0.2) is 66.9 Å². The Morgan fingerprint density at radius 1 is 1.00 bits per heavy atom. The van der Waals surface area contributed by atoms with Gasteiger partial charge in [-0.3, -0.25) is 4.79 Å². The Labute approximate surface area is 154 Å². The highest BCUT2D eigenvalue weighted by atomic mass is 127. The van der Waals surface area contributed by atoms with Crippen LogP contribution in [0.1, 0.15) is 15.9 Å². The Kier molecular flexibility index (Phi) is 5.10. The van der Waals surface area contributed by atoms with Crippen molar-refractivity contribution in [2.75, 3.05) is 5.32 Å². The molecule has 1 N–H and O–H groups in total. The van der Waals surface area contributed by atoms with Gasteiger partial charge in [-0.25, -0.2) is 4.98 Å². The molecule has 0 aliphatic carbocycles. The van der Waals surface area contributed by atoms with Gasteiger partial charge in [-0.1, -0.05) is 17.7 Å². The average molecular weight is 430 g/mol. The lowest BCUT2D eigenvalue weighted by molar-refractivity contribution is 0.102. The topological polar surface area (TPSA) is 51.2 Å². The minimum atomic E-state index is -0.166. The van der Waals surface area contributed by atoms with Crippen molar-refractivity contribution < 1.29 is 9.53 Å². The van der Waals surface area contributed by atoms with E-state index in [2.05, 4.69) is 32.9 Å². The highest BCUT2D eigenvalue weighted by molar-refractivity contribution is 14.1. The van der Waals surface area contributed by atoms with Crippen molar-refractivity contribution in [3.63, 3.8) is 0 Å². The molecule has 0 atom stereocenters. The van der Waals surface area contributed by atoms with E-state index in [-0.39, 0.29) is 5.91 Å². The number of ether oxygens (including phenoxy) is 1. The molecule has 0 spiro atoms. The van der Waals surface area contributed by atoms with Crippen LogP contribution in [0.25, 0.3) is 0 Å². The Morgan fingerprint density at radius 2 is 1.71 bits per heavy atom. The van der Waals surface area contributed by atoms with Crippen LogP contribution in [0.4, 0.5) is 5.69 Å². The highest BCUT2D eigenvalue weighted by Gasteiger charge is 2.06. The summed E-state index contributed by atoms with van der Waals surface area (Å²) >= 11 is 2.20. The summed E-state index contributed by atoms with van der Waals surface area (Å²) in [5.74, 6) is 1.04. The summed E-state index contributed by atoms with van der Waals surface area (Å²) in [4.78, 5) is 16.4. The predicted molar refractivity (Wildman–Crippen MR) is 103 cm³/mol. The molecule has 1 aromatic heterocycles. The van der Waals surface area contributed by atoms with E-state index in [9.17, 15) is 4.79 Å². The number of pyridine rings is 1. The second-order valence-electron chi connectivity index (χ2n) is 5.26. The number of aromatic nitrogens is 1. The van der Waals surface area contributed by atoms with Gasteiger partial charge in [-0.05, 0) is 72.0 Å². The zero-order valence-electron chi connectivity index (χ0n) is 13.0. The summed E-state index contributed by atoms with van der Waals surface area (Å²) in [6.45, 7) is 2.02. The Bertz CT molecular complexity index is 829. The molecule has 24 heavy (non-hydrogen) atoms. The zero-order valence-corrected chi connectivity index (χ0v) is 15.2.